The highest BCUT2D eigenvalue weighted by molar-refractivity contribution is 5.71. The highest BCUT2D eigenvalue weighted by atomic mass is 16.6. The molecule has 6 nitrogen and oxygen atoms in total. The molecule has 474 valence electrons. The van der Waals surface area contributed by atoms with Gasteiger partial charge in [-0.2, -0.15) is 0 Å². The van der Waals surface area contributed by atoms with Crippen molar-refractivity contribution in [2.45, 2.75) is 399 Å². The van der Waals surface area contributed by atoms with Crippen LogP contribution in [0.3, 0.4) is 0 Å². The van der Waals surface area contributed by atoms with Crippen LogP contribution in [0.2, 0.25) is 0 Å². The summed E-state index contributed by atoms with van der Waals surface area (Å²) in [4.78, 5) is 38.4. The number of carbonyl (C=O) groups is 3. The molecule has 1 atom stereocenters. The van der Waals surface area contributed by atoms with E-state index in [1.54, 1.807) is 0 Å². The summed E-state index contributed by atoms with van der Waals surface area (Å²) in [5.74, 6) is -0.877. The van der Waals surface area contributed by atoms with Crippen LogP contribution in [0.4, 0.5) is 0 Å². The summed E-state index contributed by atoms with van der Waals surface area (Å²) < 4.78 is 17.0. The van der Waals surface area contributed by atoms with E-state index >= 15 is 0 Å². The minimum atomic E-state index is -0.783. The molecule has 0 aromatic carbocycles. The second-order valence-electron chi connectivity index (χ2n) is 24.5. The zero-order chi connectivity index (χ0) is 58.5. The maximum atomic E-state index is 12.9. The van der Waals surface area contributed by atoms with Crippen LogP contribution in [0.1, 0.15) is 393 Å². The van der Waals surface area contributed by atoms with Crippen LogP contribution in [-0.2, 0) is 28.6 Å². The maximum Gasteiger partial charge on any atom is 0.306 e. The van der Waals surface area contributed by atoms with E-state index in [1.807, 2.05) is 0 Å². The van der Waals surface area contributed by atoms with Crippen molar-refractivity contribution in [1.29, 1.82) is 0 Å². The third-order valence-corrected chi connectivity index (χ3v) is 16.3. The highest BCUT2D eigenvalue weighted by Gasteiger charge is 2.19. The van der Waals surface area contributed by atoms with E-state index in [9.17, 15) is 14.4 Å². The molecule has 0 aliphatic heterocycles. The lowest BCUT2D eigenvalue weighted by Crippen LogP contribution is -2.30. The van der Waals surface area contributed by atoms with Gasteiger partial charge in [0.05, 0.1) is 0 Å². The zero-order valence-electron chi connectivity index (χ0n) is 54.6. The fourth-order valence-corrected chi connectivity index (χ4v) is 10.8. The van der Waals surface area contributed by atoms with Crippen LogP contribution in [0, 0.1) is 0 Å². The molecule has 6 heteroatoms. The molecule has 0 amide bonds. The molecule has 0 aromatic rings. The summed E-state index contributed by atoms with van der Waals surface area (Å²) in [6, 6.07) is 0. The monoisotopic (exact) mass is 1140 g/mol. The normalized spacial score (nSPS) is 12.3. The SMILES string of the molecule is CCCCCC/C=C\C/C=C\CCCCCCCC(=O)OC(COC(=O)CCCCCCC/C=C\CCCCCCC)COC(=O)CCCCCCCCCCCCCCCCCCCCCCC/C=C\CCCCCCCCCC. The Balaban J connectivity index is 4.13. The molecule has 0 aromatic heterocycles. The largest absolute Gasteiger partial charge is 0.462 e. The van der Waals surface area contributed by atoms with Crippen molar-refractivity contribution in [3.05, 3.63) is 48.6 Å². The van der Waals surface area contributed by atoms with Crippen molar-refractivity contribution in [2.24, 2.45) is 0 Å². The highest BCUT2D eigenvalue weighted by Crippen LogP contribution is 2.18. The van der Waals surface area contributed by atoms with Crippen molar-refractivity contribution in [3.8, 4) is 0 Å². The lowest BCUT2D eigenvalue weighted by molar-refractivity contribution is -0.167. The Kier molecular flexibility index (Phi) is 67.6. The summed E-state index contributed by atoms with van der Waals surface area (Å²) in [6.45, 7) is 6.65. The summed E-state index contributed by atoms with van der Waals surface area (Å²) in [5, 5.41) is 0. The van der Waals surface area contributed by atoms with Gasteiger partial charge in [0.2, 0.25) is 0 Å². The van der Waals surface area contributed by atoms with Crippen molar-refractivity contribution in [2.75, 3.05) is 13.2 Å². The minimum Gasteiger partial charge on any atom is -0.462 e. The smallest absolute Gasteiger partial charge is 0.306 e. The van der Waals surface area contributed by atoms with E-state index in [2.05, 4.69) is 69.4 Å². The van der Waals surface area contributed by atoms with Gasteiger partial charge in [-0.25, -0.2) is 0 Å². The molecule has 0 saturated carbocycles. The number of unbranched alkanes of at least 4 members (excludes halogenated alkanes) is 48. The van der Waals surface area contributed by atoms with E-state index in [1.165, 1.54) is 263 Å². The van der Waals surface area contributed by atoms with Gasteiger partial charge < -0.3 is 14.2 Å². The Labute approximate surface area is 505 Å². The first-order valence-corrected chi connectivity index (χ1v) is 36.1. The minimum absolute atomic E-state index is 0.0776. The van der Waals surface area contributed by atoms with Gasteiger partial charge in [-0.3, -0.25) is 14.4 Å². The summed E-state index contributed by atoms with van der Waals surface area (Å²) in [6.07, 6.45) is 88.7. The summed E-state index contributed by atoms with van der Waals surface area (Å²) in [7, 11) is 0. The number of carbonyl (C=O) groups excluding carboxylic acids is 3. The van der Waals surface area contributed by atoms with Gasteiger partial charge in [0, 0.05) is 19.3 Å². The molecular formula is C75H138O6. The predicted molar refractivity (Wildman–Crippen MR) is 353 cm³/mol. The Morgan fingerprint density at radius 1 is 0.247 bits per heavy atom. The van der Waals surface area contributed by atoms with Gasteiger partial charge in [0.1, 0.15) is 13.2 Å². The van der Waals surface area contributed by atoms with Crippen LogP contribution in [0.15, 0.2) is 48.6 Å². The van der Waals surface area contributed by atoms with Gasteiger partial charge in [-0.1, -0.05) is 320 Å². The van der Waals surface area contributed by atoms with Gasteiger partial charge >= 0.3 is 17.9 Å². The van der Waals surface area contributed by atoms with Crippen molar-refractivity contribution >= 4 is 17.9 Å². The number of esters is 3. The Hall–Kier alpha value is -2.63. The molecule has 0 rings (SSSR count). The van der Waals surface area contributed by atoms with E-state index in [0.717, 1.165) is 89.9 Å². The van der Waals surface area contributed by atoms with Crippen LogP contribution in [0.5, 0.6) is 0 Å². The Bertz CT molecular complexity index is 1400. The predicted octanol–water partition coefficient (Wildman–Crippen LogP) is 24.9. The number of rotatable bonds is 67. The summed E-state index contributed by atoms with van der Waals surface area (Å²) in [5.41, 5.74) is 0. The molecule has 0 radical (unpaired) electrons. The Morgan fingerprint density at radius 2 is 0.444 bits per heavy atom. The number of hydrogen-bond acceptors (Lipinski definition) is 6. The average molecular weight is 1140 g/mol. The first-order chi connectivity index (χ1) is 40.0. The fourth-order valence-electron chi connectivity index (χ4n) is 10.8. The lowest BCUT2D eigenvalue weighted by Gasteiger charge is -2.18. The van der Waals surface area contributed by atoms with Crippen LogP contribution in [-0.4, -0.2) is 37.2 Å². The van der Waals surface area contributed by atoms with E-state index in [0.29, 0.717) is 19.3 Å². The molecule has 0 N–H and O–H groups in total. The molecule has 81 heavy (non-hydrogen) atoms. The van der Waals surface area contributed by atoms with Crippen molar-refractivity contribution in [3.63, 3.8) is 0 Å². The molecule has 0 heterocycles. The van der Waals surface area contributed by atoms with E-state index < -0.39 is 6.10 Å². The molecule has 0 spiro atoms. The van der Waals surface area contributed by atoms with Gasteiger partial charge in [0.25, 0.3) is 0 Å². The third kappa shape index (κ3) is 68.0. The molecule has 0 aliphatic carbocycles. The second kappa shape index (κ2) is 69.9. The molecule has 1 unspecified atom stereocenters. The maximum absolute atomic E-state index is 12.9. The number of allylic oxidation sites excluding steroid dienone is 8. The van der Waals surface area contributed by atoms with Crippen LogP contribution in [0.25, 0.3) is 0 Å². The lowest BCUT2D eigenvalue weighted by atomic mass is 10.0. The standard InChI is InChI=1S/C75H138O6/c1-4-7-10-13-16-19-22-25-28-30-31-32-33-34-35-36-37-38-39-40-41-42-43-44-45-46-48-50-53-56-59-62-65-68-74(77)80-71-72(70-79-73(76)67-64-61-58-55-52-49-27-24-21-18-15-12-9-6-3)81-75(78)69-66-63-60-57-54-51-47-29-26-23-20-17-14-11-8-5-2/h20,23-24,27,29-31,47,72H,4-19,21-22,25-26,28,32-46,48-71H2,1-3H3/b23-20-,27-24-,31-30-,47-29-. The Morgan fingerprint density at radius 3 is 0.704 bits per heavy atom. The second-order valence-corrected chi connectivity index (χ2v) is 24.5. The quantitative estimate of drug-likeness (QED) is 0.0261. The number of hydrogen-bond donors (Lipinski definition) is 0. The first-order valence-electron chi connectivity index (χ1n) is 36.1. The topological polar surface area (TPSA) is 78.9 Å². The average Bonchev–Trinajstić information content (AvgIpc) is 3.47. The fraction of sp³-hybridized carbons (Fsp3) is 0.853. The third-order valence-electron chi connectivity index (χ3n) is 16.3. The van der Waals surface area contributed by atoms with Gasteiger partial charge in [-0.15, -0.1) is 0 Å². The zero-order valence-corrected chi connectivity index (χ0v) is 54.6. The van der Waals surface area contributed by atoms with Crippen LogP contribution < -0.4 is 0 Å². The molecule has 0 aliphatic rings. The first kappa shape index (κ1) is 78.4. The van der Waals surface area contributed by atoms with Crippen LogP contribution >= 0.6 is 0 Å². The van der Waals surface area contributed by atoms with Crippen molar-refractivity contribution in [1.82, 2.24) is 0 Å². The summed E-state index contributed by atoms with van der Waals surface area (Å²) >= 11 is 0. The van der Waals surface area contributed by atoms with E-state index in [-0.39, 0.29) is 31.1 Å². The van der Waals surface area contributed by atoms with E-state index in [4.69, 9.17) is 14.2 Å². The van der Waals surface area contributed by atoms with Gasteiger partial charge in [-0.05, 0) is 103 Å². The molecular weight excluding hydrogens is 997 g/mol. The molecule has 0 saturated heterocycles. The molecule has 0 bridgehead atoms. The van der Waals surface area contributed by atoms with Crippen molar-refractivity contribution < 1.29 is 28.6 Å². The van der Waals surface area contributed by atoms with Gasteiger partial charge in [0.15, 0.2) is 6.10 Å². The number of ether oxygens (including phenoxy) is 3. The molecule has 0 fully saturated rings.